The number of carbonyl (C=O) groups is 1. The van der Waals surface area contributed by atoms with Crippen LogP contribution in [0.25, 0.3) is 10.4 Å². The minimum atomic E-state index is -0.601. The number of halogens is 2. The molecule has 0 saturated carbocycles. The van der Waals surface area contributed by atoms with E-state index in [0.29, 0.717) is 4.88 Å². The second-order valence-corrected chi connectivity index (χ2v) is 4.01. The second-order valence-electron chi connectivity index (χ2n) is 2.81. The first-order chi connectivity index (χ1) is 7.18. The van der Waals surface area contributed by atoms with Crippen LogP contribution in [0, 0.1) is 5.82 Å². The molecule has 1 heterocycles. The van der Waals surface area contributed by atoms with Crippen LogP contribution in [0.3, 0.4) is 0 Å². The minimum Gasteiger partial charge on any atom is -0.274 e. The van der Waals surface area contributed by atoms with Gasteiger partial charge in [-0.05, 0) is 29.3 Å². The zero-order valence-electron chi connectivity index (χ0n) is 7.41. The average molecular weight is 242 g/mol. The lowest BCUT2D eigenvalue weighted by atomic mass is 10.1. The molecule has 0 spiro atoms. The van der Waals surface area contributed by atoms with Gasteiger partial charge in [0.05, 0.1) is 10.4 Å². The molecule has 0 radical (unpaired) electrons. The third-order valence-corrected chi connectivity index (χ3v) is 2.91. The molecule has 0 atom stereocenters. The van der Waals surface area contributed by atoms with E-state index >= 15 is 0 Å². The highest BCUT2D eigenvalue weighted by Crippen LogP contribution is 2.28. The summed E-state index contributed by atoms with van der Waals surface area (Å²) < 4.78 is 12.7. The van der Waals surface area contributed by atoms with Crippen LogP contribution in [0.4, 0.5) is 4.39 Å². The fourth-order valence-electron chi connectivity index (χ4n) is 1.19. The molecule has 1 aromatic heterocycles. The smallest absolute Gasteiger partial charge is 0.272 e. The molecule has 2 rings (SSSR count). The lowest BCUT2D eigenvalue weighted by Gasteiger charge is -1.98. The number of hydrogen-bond donors (Lipinski definition) is 0. The molecule has 0 aliphatic rings. The van der Waals surface area contributed by atoms with Crippen molar-refractivity contribution in [2.75, 3.05) is 0 Å². The van der Waals surface area contributed by atoms with E-state index < -0.39 is 5.24 Å². The first kappa shape index (κ1) is 10.3. The Labute approximate surface area is 94.3 Å². The fraction of sp³-hybridized carbons (Fsp3) is 0. The molecule has 0 unspecified atom stereocenters. The van der Waals surface area contributed by atoms with Crippen molar-refractivity contribution in [2.24, 2.45) is 0 Å². The molecular formula is C10H5ClFNOS. The van der Waals surface area contributed by atoms with E-state index in [0.717, 1.165) is 5.56 Å². The van der Waals surface area contributed by atoms with Crippen molar-refractivity contribution >= 4 is 28.2 Å². The number of rotatable bonds is 2. The van der Waals surface area contributed by atoms with Gasteiger partial charge in [0.25, 0.3) is 5.24 Å². The van der Waals surface area contributed by atoms with Crippen LogP contribution in [-0.2, 0) is 0 Å². The number of carbonyl (C=O) groups excluding carboxylic acids is 1. The Morgan fingerprint density at radius 3 is 2.60 bits per heavy atom. The molecular weight excluding hydrogens is 237 g/mol. The summed E-state index contributed by atoms with van der Waals surface area (Å²) in [7, 11) is 0. The number of nitrogens with zero attached hydrogens (tertiary/aromatic N) is 1. The summed E-state index contributed by atoms with van der Waals surface area (Å²) in [5.74, 6) is -0.318. The van der Waals surface area contributed by atoms with E-state index in [1.807, 2.05) is 0 Å². The van der Waals surface area contributed by atoms with Gasteiger partial charge in [0.15, 0.2) is 0 Å². The number of aromatic nitrogens is 1. The van der Waals surface area contributed by atoms with E-state index in [1.165, 1.54) is 29.0 Å². The largest absolute Gasteiger partial charge is 0.274 e. The first-order valence-corrected chi connectivity index (χ1v) is 5.33. The van der Waals surface area contributed by atoms with Crippen molar-refractivity contribution < 1.29 is 9.18 Å². The molecule has 2 aromatic rings. The lowest BCUT2D eigenvalue weighted by Crippen LogP contribution is -1.91. The van der Waals surface area contributed by atoms with Crippen molar-refractivity contribution in [3.63, 3.8) is 0 Å². The van der Waals surface area contributed by atoms with Crippen molar-refractivity contribution in [1.29, 1.82) is 0 Å². The van der Waals surface area contributed by atoms with Crippen LogP contribution in [0.1, 0.15) is 10.5 Å². The third-order valence-electron chi connectivity index (χ3n) is 1.86. The maximum atomic E-state index is 12.7. The van der Waals surface area contributed by atoms with Crippen LogP contribution in [0.5, 0.6) is 0 Å². The van der Waals surface area contributed by atoms with Gasteiger partial charge >= 0.3 is 0 Å². The van der Waals surface area contributed by atoms with E-state index in [9.17, 15) is 9.18 Å². The highest BCUT2D eigenvalue weighted by atomic mass is 35.5. The van der Waals surface area contributed by atoms with Gasteiger partial charge in [0.1, 0.15) is 11.5 Å². The van der Waals surface area contributed by atoms with Gasteiger partial charge in [-0.1, -0.05) is 12.1 Å². The Bertz CT molecular complexity index is 494. The third kappa shape index (κ3) is 2.06. The first-order valence-electron chi connectivity index (χ1n) is 4.08. The van der Waals surface area contributed by atoms with Crippen molar-refractivity contribution in [3.8, 4) is 10.4 Å². The topological polar surface area (TPSA) is 30.0 Å². The maximum Gasteiger partial charge on any atom is 0.272 e. The molecule has 1 aromatic carbocycles. The Morgan fingerprint density at radius 2 is 2.00 bits per heavy atom. The van der Waals surface area contributed by atoms with Gasteiger partial charge in [-0.2, -0.15) is 0 Å². The molecule has 0 amide bonds. The summed E-state index contributed by atoms with van der Waals surface area (Å²) in [6.45, 7) is 0. The highest BCUT2D eigenvalue weighted by molar-refractivity contribution is 7.13. The Hall–Kier alpha value is -1.26. The van der Waals surface area contributed by atoms with E-state index in [1.54, 1.807) is 12.1 Å². The normalized spacial score (nSPS) is 10.3. The van der Waals surface area contributed by atoms with Crippen molar-refractivity contribution in [1.82, 2.24) is 4.98 Å². The van der Waals surface area contributed by atoms with E-state index in [4.69, 9.17) is 11.6 Å². The van der Waals surface area contributed by atoms with Crippen LogP contribution in [0.2, 0.25) is 0 Å². The maximum absolute atomic E-state index is 12.7. The summed E-state index contributed by atoms with van der Waals surface area (Å²) in [5.41, 5.74) is 2.49. The lowest BCUT2D eigenvalue weighted by molar-refractivity contribution is 0.107. The van der Waals surface area contributed by atoms with Crippen LogP contribution in [0.15, 0.2) is 29.8 Å². The van der Waals surface area contributed by atoms with Gasteiger partial charge in [0, 0.05) is 0 Å². The van der Waals surface area contributed by atoms with Crippen LogP contribution >= 0.6 is 22.9 Å². The predicted molar refractivity (Wildman–Crippen MR) is 57.7 cm³/mol. The number of thiazole rings is 1. The second kappa shape index (κ2) is 4.08. The fourth-order valence-corrected chi connectivity index (χ4v) is 2.18. The predicted octanol–water partition coefficient (Wildman–Crippen LogP) is 3.33. The highest BCUT2D eigenvalue weighted by Gasteiger charge is 2.13. The standard InChI is InChI=1S/C10H5ClFNOS/c11-10(14)8-9(15-5-13-8)6-1-3-7(12)4-2-6/h1-5H. The minimum absolute atomic E-state index is 0.216. The summed E-state index contributed by atoms with van der Waals surface area (Å²) in [5, 5.41) is -0.601. The van der Waals surface area contributed by atoms with Crippen LogP contribution < -0.4 is 0 Å². The Morgan fingerprint density at radius 1 is 1.33 bits per heavy atom. The summed E-state index contributed by atoms with van der Waals surface area (Å²) in [6, 6.07) is 5.84. The molecule has 5 heteroatoms. The van der Waals surface area contributed by atoms with Crippen LogP contribution in [-0.4, -0.2) is 10.2 Å². The molecule has 0 aliphatic carbocycles. The van der Waals surface area contributed by atoms with E-state index in [2.05, 4.69) is 4.98 Å². The van der Waals surface area contributed by atoms with Gasteiger partial charge < -0.3 is 0 Å². The molecule has 2 nitrogen and oxygen atoms in total. The van der Waals surface area contributed by atoms with Crippen molar-refractivity contribution in [2.45, 2.75) is 0 Å². The van der Waals surface area contributed by atoms with E-state index in [-0.39, 0.29) is 11.5 Å². The number of benzene rings is 1. The quantitative estimate of drug-likeness (QED) is 0.755. The summed E-state index contributed by atoms with van der Waals surface area (Å²) >= 11 is 6.66. The van der Waals surface area contributed by atoms with Gasteiger partial charge in [-0.25, -0.2) is 9.37 Å². The monoisotopic (exact) mass is 241 g/mol. The molecule has 0 saturated heterocycles. The molecule has 76 valence electrons. The number of hydrogen-bond acceptors (Lipinski definition) is 3. The Balaban J connectivity index is 2.49. The average Bonchev–Trinajstić information content (AvgIpc) is 2.67. The molecule has 0 bridgehead atoms. The summed E-state index contributed by atoms with van der Waals surface area (Å²) in [6.07, 6.45) is 0. The SMILES string of the molecule is O=C(Cl)c1ncsc1-c1ccc(F)cc1. The van der Waals surface area contributed by atoms with Gasteiger partial charge in [-0.3, -0.25) is 4.79 Å². The zero-order valence-corrected chi connectivity index (χ0v) is 8.98. The zero-order chi connectivity index (χ0) is 10.8. The Kier molecular flexibility index (Phi) is 2.79. The molecule has 0 N–H and O–H groups in total. The molecule has 0 aliphatic heterocycles. The molecule has 0 fully saturated rings. The molecule has 15 heavy (non-hydrogen) atoms. The van der Waals surface area contributed by atoms with Gasteiger partial charge in [0.2, 0.25) is 0 Å². The van der Waals surface area contributed by atoms with Gasteiger partial charge in [-0.15, -0.1) is 11.3 Å². The summed E-state index contributed by atoms with van der Waals surface area (Å²) in [4.78, 5) is 15.5. The van der Waals surface area contributed by atoms with Crippen molar-refractivity contribution in [3.05, 3.63) is 41.3 Å².